The van der Waals surface area contributed by atoms with Gasteiger partial charge in [-0.25, -0.2) is 0 Å². The van der Waals surface area contributed by atoms with Gasteiger partial charge in [0.25, 0.3) is 0 Å². The Bertz CT molecular complexity index is 654. The zero-order valence-electron chi connectivity index (χ0n) is 20.5. The molecular weight excluding hydrogens is 374 g/mol. The number of quaternary nitrogens is 1. The molecule has 3 unspecified atom stereocenters. The van der Waals surface area contributed by atoms with Crippen molar-refractivity contribution >= 4 is 27.5 Å². The Morgan fingerprint density at radius 2 is 1.36 bits per heavy atom. The van der Waals surface area contributed by atoms with E-state index < -0.39 is 16.1 Å². The monoisotopic (exact) mass is 420 g/mol. The zero-order valence-corrected chi connectivity index (χ0v) is 22.5. The van der Waals surface area contributed by atoms with Crippen molar-refractivity contribution in [2.24, 2.45) is 0 Å². The van der Waals surface area contributed by atoms with Gasteiger partial charge in [-0.3, -0.25) is 0 Å². The maximum atomic E-state index is 6.87. The summed E-state index contributed by atoms with van der Waals surface area (Å²) in [4.78, 5) is 2.62. The largest absolute Gasteiger partial charge is 0.398 e. The summed E-state index contributed by atoms with van der Waals surface area (Å²) in [6, 6.07) is 5.58. The first-order valence-corrected chi connectivity index (χ1v) is 18.2. The Hall–Kier alpha value is -0.786. The van der Waals surface area contributed by atoms with E-state index in [9.17, 15) is 0 Å². The summed E-state index contributed by atoms with van der Waals surface area (Å²) < 4.78 is 1.04. The van der Waals surface area contributed by atoms with Gasteiger partial charge < -0.3 is 15.1 Å². The van der Waals surface area contributed by atoms with Gasteiger partial charge in [-0.2, -0.15) is 0 Å². The van der Waals surface area contributed by atoms with E-state index in [1.54, 1.807) is 0 Å². The number of likely N-dealkylation sites (N-methyl/N-ethyl adjacent to an activating group) is 1. The summed E-state index contributed by atoms with van der Waals surface area (Å²) in [7, 11) is 4.32. The maximum Gasteiger partial charge on any atom is 0.108 e. The molecule has 1 aromatic carbocycles. The maximum absolute atomic E-state index is 6.87. The Kier molecular flexibility index (Phi) is 6.55. The molecule has 1 heterocycles. The van der Waals surface area contributed by atoms with Crippen molar-refractivity contribution in [2.45, 2.75) is 76.7 Å². The summed E-state index contributed by atoms with van der Waals surface area (Å²) in [6.07, 6.45) is 1.27. The van der Waals surface area contributed by atoms with E-state index in [1.165, 1.54) is 23.2 Å². The number of nitrogens with zero attached hydrogens (tertiary/aromatic N) is 2. The van der Waals surface area contributed by atoms with Crippen LogP contribution in [0.3, 0.4) is 0 Å². The molecule has 0 spiro atoms. The topological polar surface area (TPSA) is 29.3 Å². The van der Waals surface area contributed by atoms with Crippen molar-refractivity contribution < 1.29 is 4.48 Å². The number of benzene rings is 1. The van der Waals surface area contributed by atoms with Crippen LogP contribution in [0.4, 0.5) is 11.4 Å². The van der Waals surface area contributed by atoms with Crippen molar-refractivity contribution in [2.75, 3.05) is 44.9 Å². The molecule has 28 heavy (non-hydrogen) atoms. The molecule has 1 aromatic rings. The molecule has 5 heteroatoms. The molecule has 0 aliphatic carbocycles. The van der Waals surface area contributed by atoms with Crippen LogP contribution in [0, 0.1) is 0 Å². The molecule has 160 valence electrons. The van der Waals surface area contributed by atoms with Gasteiger partial charge in [-0.15, -0.1) is 0 Å². The second kappa shape index (κ2) is 7.80. The minimum atomic E-state index is -1.33. The van der Waals surface area contributed by atoms with E-state index in [0.29, 0.717) is 17.1 Å². The summed E-state index contributed by atoms with van der Waals surface area (Å²) in [6.45, 7) is 21.9. The summed E-state index contributed by atoms with van der Waals surface area (Å²) in [5, 5.41) is 0. The highest BCUT2D eigenvalue weighted by molar-refractivity contribution is 6.78. The molecule has 0 bridgehead atoms. The molecule has 3 atom stereocenters. The standard InChI is InChI=1S/C23H46N3Si2/c1-17(27(6,7)8)21-14-19(25-13-12-20(16-25)26(3,4)5)15-22(23(21)24)18(2)28(9,10)11/h14-15,17-18,20H,12-13,16,24H2,1-11H3/q+1. The molecule has 0 aromatic heterocycles. The lowest BCUT2D eigenvalue weighted by Crippen LogP contribution is -2.46. The predicted octanol–water partition coefficient (Wildman–Crippen LogP) is 5.52. The van der Waals surface area contributed by atoms with Gasteiger partial charge in [0.1, 0.15) is 6.04 Å². The molecule has 1 aliphatic rings. The van der Waals surface area contributed by atoms with Crippen LogP contribution in [0.15, 0.2) is 12.1 Å². The molecule has 0 radical (unpaired) electrons. The lowest BCUT2D eigenvalue weighted by Gasteiger charge is -2.34. The third-order valence-electron chi connectivity index (χ3n) is 7.38. The number of hydrogen-bond donors (Lipinski definition) is 1. The molecule has 0 amide bonds. The first-order valence-electron chi connectivity index (χ1n) is 11.0. The highest BCUT2D eigenvalue weighted by Crippen LogP contribution is 2.41. The number of nitrogen functional groups attached to an aromatic ring is 1. The smallest absolute Gasteiger partial charge is 0.108 e. The second-order valence-corrected chi connectivity index (χ2v) is 23.4. The van der Waals surface area contributed by atoms with Gasteiger partial charge in [-0.1, -0.05) is 53.1 Å². The summed E-state index contributed by atoms with van der Waals surface area (Å²) >= 11 is 0. The quantitative estimate of drug-likeness (QED) is 0.373. The van der Waals surface area contributed by atoms with Crippen LogP contribution in [0.5, 0.6) is 0 Å². The third-order valence-corrected chi connectivity index (χ3v) is 13.2. The van der Waals surface area contributed by atoms with Crippen molar-refractivity contribution in [1.82, 2.24) is 0 Å². The van der Waals surface area contributed by atoms with Crippen LogP contribution in [0.1, 0.15) is 42.5 Å². The van der Waals surface area contributed by atoms with Crippen LogP contribution in [0.2, 0.25) is 39.3 Å². The van der Waals surface area contributed by atoms with Gasteiger partial charge in [0.05, 0.1) is 43.8 Å². The minimum absolute atomic E-state index is 0.567. The Labute approximate surface area is 176 Å². The van der Waals surface area contributed by atoms with Crippen molar-refractivity contribution in [3.05, 3.63) is 23.3 Å². The van der Waals surface area contributed by atoms with Crippen molar-refractivity contribution in [1.29, 1.82) is 0 Å². The number of nitrogens with two attached hydrogens (primary N) is 1. The van der Waals surface area contributed by atoms with Gasteiger partial charge in [0, 0.05) is 24.3 Å². The average Bonchev–Trinajstić information content (AvgIpc) is 3.02. The number of rotatable bonds is 6. The molecule has 0 saturated carbocycles. The molecule has 1 saturated heterocycles. The van der Waals surface area contributed by atoms with Gasteiger partial charge in [-0.05, 0) is 34.3 Å². The fourth-order valence-electron chi connectivity index (χ4n) is 4.12. The minimum Gasteiger partial charge on any atom is -0.398 e. The lowest BCUT2D eigenvalue weighted by molar-refractivity contribution is -0.893. The van der Waals surface area contributed by atoms with Crippen molar-refractivity contribution in [3.63, 3.8) is 0 Å². The molecule has 2 N–H and O–H groups in total. The fourth-order valence-corrected chi connectivity index (χ4v) is 6.47. The van der Waals surface area contributed by atoms with Crippen LogP contribution >= 0.6 is 0 Å². The van der Waals surface area contributed by atoms with Gasteiger partial charge in [0.2, 0.25) is 0 Å². The molecule has 2 rings (SSSR count). The van der Waals surface area contributed by atoms with Crippen LogP contribution in [-0.4, -0.2) is 60.9 Å². The van der Waals surface area contributed by atoms with E-state index in [0.717, 1.165) is 23.3 Å². The summed E-state index contributed by atoms with van der Waals surface area (Å²) in [5.41, 5.74) is 13.3. The highest BCUT2D eigenvalue weighted by atomic mass is 28.3. The third kappa shape index (κ3) is 5.03. The SMILES string of the molecule is CC(c1cc(N2CCC([N+](C)(C)C)C2)cc(C(C)[Si](C)(C)C)c1N)[Si](C)(C)C. The second-order valence-electron chi connectivity index (χ2n) is 12.2. The lowest BCUT2D eigenvalue weighted by atomic mass is 10.0. The Morgan fingerprint density at radius 1 is 0.929 bits per heavy atom. The summed E-state index contributed by atoms with van der Waals surface area (Å²) in [5.74, 6) is 0. The van der Waals surface area contributed by atoms with Gasteiger partial charge >= 0.3 is 0 Å². The Morgan fingerprint density at radius 3 is 1.68 bits per heavy atom. The molecule has 1 fully saturated rings. The van der Waals surface area contributed by atoms with E-state index in [1.807, 2.05) is 0 Å². The molecular formula is C23H46N3Si2+. The van der Waals surface area contributed by atoms with E-state index >= 15 is 0 Å². The van der Waals surface area contributed by atoms with E-state index in [4.69, 9.17) is 5.73 Å². The molecule has 1 aliphatic heterocycles. The zero-order chi connectivity index (χ0) is 21.7. The molecule has 3 nitrogen and oxygen atoms in total. The predicted molar refractivity (Wildman–Crippen MR) is 133 cm³/mol. The Balaban J connectivity index is 2.55. The average molecular weight is 421 g/mol. The van der Waals surface area contributed by atoms with E-state index in [2.05, 4.69) is 91.3 Å². The highest BCUT2D eigenvalue weighted by Gasteiger charge is 2.35. The van der Waals surface area contributed by atoms with Crippen LogP contribution in [-0.2, 0) is 0 Å². The fraction of sp³-hybridized carbons (Fsp3) is 0.739. The van der Waals surface area contributed by atoms with Crippen LogP contribution in [0.25, 0.3) is 0 Å². The van der Waals surface area contributed by atoms with Crippen LogP contribution < -0.4 is 10.6 Å². The number of hydrogen-bond acceptors (Lipinski definition) is 2. The number of anilines is 2. The van der Waals surface area contributed by atoms with Crippen molar-refractivity contribution in [3.8, 4) is 0 Å². The normalized spacial score (nSPS) is 21.1. The first kappa shape index (κ1) is 23.5. The van der Waals surface area contributed by atoms with Gasteiger partial charge in [0.15, 0.2) is 0 Å². The van der Waals surface area contributed by atoms with E-state index in [-0.39, 0.29) is 0 Å². The first-order chi connectivity index (χ1) is 12.5.